The maximum absolute atomic E-state index is 10.5. The SMILES string of the molecule is O=C(O)CC(O)CN1CCCc2ccccc21. The number of hydrogen-bond donors (Lipinski definition) is 2. The number of anilines is 1. The van der Waals surface area contributed by atoms with Crippen molar-refractivity contribution in [1.29, 1.82) is 0 Å². The number of fused-ring (bicyclic) bond motifs is 1. The maximum Gasteiger partial charge on any atom is 0.306 e. The summed E-state index contributed by atoms with van der Waals surface area (Å²) < 4.78 is 0. The number of carbonyl (C=O) groups is 1. The number of carboxylic acids is 1. The number of aliphatic hydroxyl groups is 1. The van der Waals surface area contributed by atoms with Crippen molar-refractivity contribution < 1.29 is 15.0 Å². The van der Waals surface area contributed by atoms with Crippen molar-refractivity contribution >= 4 is 11.7 Å². The van der Waals surface area contributed by atoms with Gasteiger partial charge in [0, 0.05) is 18.8 Å². The summed E-state index contributed by atoms with van der Waals surface area (Å²) in [7, 11) is 0. The predicted molar refractivity (Wildman–Crippen MR) is 65.2 cm³/mol. The molecule has 4 heteroatoms. The van der Waals surface area contributed by atoms with Gasteiger partial charge in [0.2, 0.25) is 0 Å². The molecule has 1 aromatic rings. The highest BCUT2D eigenvalue weighted by Crippen LogP contribution is 2.26. The van der Waals surface area contributed by atoms with E-state index in [0.29, 0.717) is 6.54 Å². The number of aliphatic carboxylic acids is 1. The molecular weight excluding hydrogens is 218 g/mol. The zero-order valence-corrected chi connectivity index (χ0v) is 9.67. The van der Waals surface area contributed by atoms with Gasteiger partial charge in [0.15, 0.2) is 0 Å². The van der Waals surface area contributed by atoms with Gasteiger partial charge in [-0.15, -0.1) is 0 Å². The molecule has 92 valence electrons. The van der Waals surface area contributed by atoms with Crippen LogP contribution in [-0.4, -0.2) is 35.4 Å². The lowest BCUT2D eigenvalue weighted by Gasteiger charge is -2.32. The third-order valence-corrected chi connectivity index (χ3v) is 3.05. The van der Waals surface area contributed by atoms with Crippen LogP contribution in [0.5, 0.6) is 0 Å². The van der Waals surface area contributed by atoms with E-state index in [4.69, 9.17) is 5.11 Å². The minimum Gasteiger partial charge on any atom is -0.481 e. The van der Waals surface area contributed by atoms with Crippen LogP contribution < -0.4 is 4.90 Å². The number of rotatable bonds is 4. The van der Waals surface area contributed by atoms with Crippen LogP contribution in [0.25, 0.3) is 0 Å². The first-order valence-corrected chi connectivity index (χ1v) is 5.89. The number of β-amino-alcohol motifs (C(OH)–C–C–N with tert-alkyl or cyclic N) is 1. The number of hydrogen-bond acceptors (Lipinski definition) is 3. The molecule has 0 amide bonds. The van der Waals surface area contributed by atoms with Crippen LogP contribution in [-0.2, 0) is 11.2 Å². The molecule has 1 aliphatic heterocycles. The van der Waals surface area contributed by atoms with E-state index in [-0.39, 0.29) is 6.42 Å². The molecule has 0 spiro atoms. The minimum atomic E-state index is -0.956. The number of nitrogens with zero attached hydrogens (tertiary/aromatic N) is 1. The van der Waals surface area contributed by atoms with Gasteiger partial charge in [-0.05, 0) is 24.5 Å². The Labute approximate surface area is 100 Å². The summed E-state index contributed by atoms with van der Waals surface area (Å²) in [6.07, 6.45) is 1.11. The number of carboxylic acid groups (broad SMARTS) is 1. The number of para-hydroxylation sites is 1. The summed E-state index contributed by atoms with van der Waals surface area (Å²) in [5, 5.41) is 18.3. The van der Waals surface area contributed by atoms with E-state index in [2.05, 4.69) is 11.0 Å². The fraction of sp³-hybridized carbons (Fsp3) is 0.462. The summed E-state index contributed by atoms with van der Waals surface area (Å²) >= 11 is 0. The molecule has 1 unspecified atom stereocenters. The lowest BCUT2D eigenvalue weighted by Crippen LogP contribution is -2.37. The highest BCUT2D eigenvalue weighted by atomic mass is 16.4. The van der Waals surface area contributed by atoms with Crippen molar-refractivity contribution in [1.82, 2.24) is 0 Å². The Kier molecular flexibility index (Phi) is 3.64. The van der Waals surface area contributed by atoms with E-state index in [1.54, 1.807) is 0 Å². The average molecular weight is 235 g/mol. The van der Waals surface area contributed by atoms with E-state index in [1.807, 2.05) is 18.2 Å². The molecule has 0 fully saturated rings. The quantitative estimate of drug-likeness (QED) is 0.825. The molecule has 0 aromatic heterocycles. The van der Waals surface area contributed by atoms with E-state index >= 15 is 0 Å². The minimum absolute atomic E-state index is 0.196. The molecule has 2 N–H and O–H groups in total. The molecule has 0 saturated carbocycles. The zero-order valence-electron chi connectivity index (χ0n) is 9.67. The van der Waals surface area contributed by atoms with Gasteiger partial charge in [0.05, 0.1) is 12.5 Å². The second-order valence-electron chi connectivity index (χ2n) is 4.43. The van der Waals surface area contributed by atoms with Crippen LogP contribution in [0.15, 0.2) is 24.3 Å². The van der Waals surface area contributed by atoms with Gasteiger partial charge in [-0.25, -0.2) is 0 Å². The fourth-order valence-electron chi connectivity index (χ4n) is 2.32. The molecule has 1 atom stereocenters. The monoisotopic (exact) mass is 235 g/mol. The summed E-state index contributed by atoms with van der Waals surface area (Å²) in [5.74, 6) is -0.956. The van der Waals surface area contributed by atoms with Gasteiger partial charge < -0.3 is 15.1 Å². The topological polar surface area (TPSA) is 60.8 Å². The van der Waals surface area contributed by atoms with Gasteiger partial charge in [-0.1, -0.05) is 18.2 Å². The summed E-state index contributed by atoms with van der Waals surface area (Å²) in [5.41, 5.74) is 2.41. The number of aliphatic hydroxyl groups excluding tert-OH is 1. The summed E-state index contributed by atoms with van der Waals surface area (Å²) in [6.45, 7) is 1.27. The molecule has 4 nitrogen and oxygen atoms in total. The van der Waals surface area contributed by atoms with Crippen LogP contribution in [0.1, 0.15) is 18.4 Å². The second kappa shape index (κ2) is 5.19. The summed E-state index contributed by atoms with van der Waals surface area (Å²) in [4.78, 5) is 12.6. The highest BCUT2D eigenvalue weighted by Gasteiger charge is 2.19. The maximum atomic E-state index is 10.5. The second-order valence-corrected chi connectivity index (χ2v) is 4.43. The smallest absolute Gasteiger partial charge is 0.306 e. The Morgan fingerprint density at radius 2 is 2.18 bits per heavy atom. The molecule has 0 aliphatic carbocycles. The molecule has 1 aromatic carbocycles. The lowest BCUT2D eigenvalue weighted by molar-refractivity contribution is -0.139. The van der Waals surface area contributed by atoms with Crippen LogP contribution in [0.2, 0.25) is 0 Å². The van der Waals surface area contributed by atoms with Crippen LogP contribution in [0.3, 0.4) is 0 Å². The van der Waals surface area contributed by atoms with Crippen molar-refractivity contribution in [2.45, 2.75) is 25.4 Å². The molecule has 0 radical (unpaired) electrons. The van der Waals surface area contributed by atoms with Crippen LogP contribution in [0.4, 0.5) is 5.69 Å². The van der Waals surface area contributed by atoms with Crippen molar-refractivity contribution in [2.24, 2.45) is 0 Å². The van der Waals surface area contributed by atoms with E-state index in [9.17, 15) is 9.90 Å². The van der Waals surface area contributed by atoms with E-state index in [1.165, 1.54) is 5.56 Å². The molecule has 1 heterocycles. The third kappa shape index (κ3) is 2.97. The molecular formula is C13H17NO3. The molecule has 17 heavy (non-hydrogen) atoms. The molecule has 2 rings (SSSR count). The first kappa shape index (κ1) is 11.9. The highest BCUT2D eigenvalue weighted by molar-refractivity contribution is 5.67. The van der Waals surface area contributed by atoms with E-state index < -0.39 is 12.1 Å². The van der Waals surface area contributed by atoms with Gasteiger partial charge in [-0.3, -0.25) is 4.79 Å². The summed E-state index contributed by atoms with van der Waals surface area (Å²) in [6, 6.07) is 8.10. The standard InChI is InChI=1S/C13H17NO3/c15-11(8-13(16)17)9-14-7-3-5-10-4-1-2-6-12(10)14/h1-2,4,6,11,15H,3,5,7-9H2,(H,16,17). The molecule has 0 saturated heterocycles. The Hall–Kier alpha value is -1.55. The Morgan fingerprint density at radius 3 is 2.94 bits per heavy atom. The largest absolute Gasteiger partial charge is 0.481 e. The molecule has 0 bridgehead atoms. The lowest BCUT2D eigenvalue weighted by atomic mass is 10.0. The molecule has 1 aliphatic rings. The van der Waals surface area contributed by atoms with E-state index in [0.717, 1.165) is 25.1 Å². The van der Waals surface area contributed by atoms with Gasteiger partial charge in [-0.2, -0.15) is 0 Å². The number of benzene rings is 1. The van der Waals surface area contributed by atoms with Crippen LogP contribution in [0, 0.1) is 0 Å². The van der Waals surface area contributed by atoms with Crippen molar-refractivity contribution in [2.75, 3.05) is 18.0 Å². The van der Waals surface area contributed by atoms with Gasteiger partial charge >= 0.3 is 5.97 Å². The fourth-order valence-corrected chi connectivity index (χ4v) is 2.32. The average Bonchev–Trinajstić information content (AvgIpc) is 2.28. The van der Waals surface area contributed by atoms with Crippen molar-refractivity contribution in [3.8, 4) is 0 Å². The van der Waals surface area contributed by atoms with Crippen molar-refractivity contribution in [3.63, 3.8) is 0 Å². The number of aryl methyl sites for hydroxylation is 1. The Balaban J connectivity index is 2.05. The Morgan fingerprint density at radius 1 is 1.41 bits per heavy atom. The third-order valence-electron chi connectivity index (χ3n) is 3.05. The van der Waals surface area contributed by atoms with Gasteiger partial charge in [0.25, 0.3) is 0 Å². The van der Waals surface area contributed by atoms with Gasteiger partial charge in [0.1, 0.15) is 0 Å². The first-order chi connectivity index (χ1) is 8.16. The van der Waals surface area contributed by atoms with Crippen molar-refractivity contribution in [3.05, 3.63) is 29.8 Å². The van der Waals surface area contributed by atoms with Crippen LogP contribution >= 0.6 is 0 Å². The normalized spacial score (nSPS) is 16.4. The Bertz CT molecular complexity index is 405. The first-order valence-electron chi connectivity index (χ1n) is 5.89. The zero-order chi connectivity index (χ0) is 12.3. The predicted octanol–water partition coefficient (Wildman–Crippen LogP) is 1.27.